The van der Waals surface area contributed by atoms with Crippen molar-refractivity contribution in [2.75, 3.05) is 13.7 Å². The molecule has 1 aliphatic rings. The van der Waals surface area contributed by atoms with Gasteiger partial charge in [0.15, 0.2) is 0 Å². The number of rotatable bonds is 6. The summed E-state index contributed by atoms with van der Waals surface area (Å²) in [5.74, 6) is 1.49. The van der Waals surface area contributed by atoms with Crippen LogP contribution in [0.3, 0.4) is 0 Å². The highest BCUT2D eigenvalue weighted by Gasteiger charge is 2.34. The average Bonchev–Trinajstić information content (AvgIpc) is 3.24. The fourth-order valence-electron chi connectivity index (χ4n) is 3.49. The normalized spacial score (nSPS) is 21.7. The minimum atomic E-state index is 0.257. The van der Waals surface area contributed by atoms with Crippen molar-refractivity contribution < 1.29 is 4.74 Å². The molecular formula is C19H28N4O. The number of nitrogens with zero attached hydrogens (tertiary/aromatic N) is 3. The number of hydrogen-bond donors (Lipinski definition) is 1. The lowest BCUT2D eigenvalue weighted by Gasteiger charge is -2.24. The third-order valence-corrected chi connectivity index (χ3v) is 4.92. The van der Waals surface area contributed by atoms with E-state index in [2.05, 4.69) is 47.8 Å². The largest absolute Gasteiger partial charge is 0.380 e. The summed E-state index contributed by atoms with van der Waals surface area (Å²) in [6.07, 6.45) is 5.91. The molecule has 1 fully saturated rings. The van der Waals surface area contributed by atoms with Gasteiger partial charge in [0.05, 0.1) is 12.1 Å². The highest BCUT2D eigenvalue weighted by atomic mass is 16.5. The Morgan fingerprint density at radius 2 is 2.21 bits per heavy atom. The zero-order valence-corrected chi connectivity index (χ0v) is 15.1. The Labute approximate surface area is 144 Å². The fourth-order valence-corrected chi connectivity index (χ4v) is 3.49. The van der Waals surface area contributed by atoms with Crippen molar-refractivity contribution in [3.05, 3.63) is 47.3 Å². The van der Waals surface area contributed by atoms with Gasteiger partial charge in [-0.05, 0) is 30.4 Å². The molecule has 130 valence electrons. The minimum Gasteiger partial charge on any atom is -0.380 e. The van der Waals surface area contributed by atoms with E-state index in [1.165, 1.54) is 17.0 Å². The molecule has 1 unspecified atom stereocenters. The number of methoxy groups -OCH3 is 1. The molecule has 24 heavy (non-hydrogen) atoms. The van der Waals surface area contributed by atoms with Gasteiger partial charge in [0.2, 0.25) is 0 Å². The van der Waals surface area contributed by atoms with Gasteiger partial charge in [0.1, 0.15) is 5.82 Å². The fraction of sp³-hybridized carbons (Fsp3) is 0.579. The number of hydrogen-bond acceptors (Lipinski definition) is 4. The van der Waals surface area contributed by atoms with Crippen molar-refractivity contribution in [1.82, 2.24) is 19.9 Å². The Bertz CT molecular complexity index is 653. The molecular weight excluding hydrogens is 300 g/mol. The highest BCUT2D eigenvalue weighted by molar-refractivity contribution is 5.25. The van der Waals surface area contributed by atoms with Crippen molar-refractivity contribution in [2.45, 2.75) is 58.2 Å². The smallest absolute Gasteiger partial charge is 0.123 e. The molecule has 0 amide bonds. The maximum Gasteiger partial charge on any atom is 0.123 e. The lowest BCUT2D eigenvalue weighted by molar-refractivity contribution is 0.107. The number of H-pyrrole nitrogens is 1. The zero-order valence-electron chi connectivity index (χ0n) is 15.1. The summed E-state index contributed by atoms with van der Waals surface area (Å²) in [6, 6.07) is 4.70. The second-order valence-corrected chi connectivity index (χ2v) is 6.86. The van der Waals surface area contributed by atoms with Crippen LogP contribution in [-0.2, 0) is 17.7 Å². The van der Waals surface area contributed by atoms with Crippen LogP contribution in [0, 0.1) is 0 Å². The molecule has 0 aromatic carbocycles. The molecule has 5 nitrogen and oxygen atoms in total. The van der Waals surface area contributed by atoms with E-state index < -0.39 is 0 Å². The lowest BCUT2D eigenvalue weighted by atomic mass is 10.0. The number of pyridine rings is 1. The van der Waals surface area contributed by atoms with Crippen LogP contribution in [0.4, 0.5) is 0 Å². The van der Waals surface area contributed by atoms with Crippen LogP contribution in [0.1, 0.15) is 61.9 Å². The zero-order chi connectivity index (χ0) is 17.1. The van der Waals surface area contributed by atoms with E-state index >= 15 is 0 Å². The van der Waals surface area contributed by atoms with Crippen LogP contribution in [-0.4, -0.2) is 39.6 Å². The van der Waals surface area contributed by atoms with Crippen LogP contribution >= 0.6 is 0 Å². The Morgan fingerprint density at radius 1 is 1.38 bits per heavy atom. The lowest BCUT2D eigenvalue weighted by Crippen LogP contribution is -2.26. The Balaban J connectivity index is 1.83. The predicted octanol–water partition coefficient (Wildman–Crippen LogP) is 3.45. The van der Waals surface area contributed by atoms with E-state index in [-0.39, 0.29) is 12.1 Å². The summed E-state index contributed by atoms with van der Waals surface area (Å²) in [4.78, 5) is 15.1. The van der Waals surface area contributed by atoms with Crippen LogP contribution in [0.2, 0.25) is 0 Å². The van der Waals surface area contributed by atoms with Gasteiger partial charge in [-0.2, -0.15) is 0 Å². The second kappa shape index (κ2) is 7.45. The van der Waals surface area contributed by atoms with Crippen molar-refractivity contribution in [1.29, 1.82) is 0 Å². The molecule has 0 saturated carbocycles. The Morgan fingerprint density at radius 3 is 2.83 bits per heavy atom. The first-order chi connectivity index (χ1) is 11.6. The van der Waals surface area contributed by atoms with Gasteiger partial charge in [-0.25, -0.2) is 4.98 Å². The van der Waals surface area contributed by atoms with Crippen LogP contribution < -0.4 is 0 Å². The molecule has 3 rings (SSSR count). The molecule has 0 radical (unpaired) electrons. The van der Waals surface area contributed by atoms with Crippen molar-refractivity contribution in [3.63, 3.8) is 0 Å². The summed E-state index contributed by atoms with van der Waals surface area (Å²) < 4.78 is 5.62. The number of aryl methyl sites for hydroxylation is 1. The van der Waals surface area contributed by atoms with E-state index in [9.17, 15) is 0 Å². The van der Waals surface area contributed by atoms with Gasteiger partial charge in [0, 0.05) is 44.0 Å². The third kappa shape index (κ3) is 3.52. The second-order valence-electron chi connectivity index (χ2n) is 6.86. The van der Waals surface area contributed by atoms with Gasteiger partial charge in [-0.3, -0.25) is 9.88 Å². The van der Waals surface area contributed by atoms with Crippen LogP contribution in [0.25, 0.3) is 0 Å². The summed E-state index contributed by atoms with van der Waals surface area (Å²) in [5, 5.41) is 0. The van der Waals surface area contributed by atoms with Crippen LogP contribution in [0.15, 0.2) is 24.5 Å². The first kappa shape index (κ1) is 17.1. The van der Waals surface area contributed by atoms with E-state index in [0.29, 0.717) is 5.92 Å². The molecule has 1 N–H and O–H groups in total. The van der Waals surface area contributed by atoms with Crippen molar-refractivity contribution >= 4 is 0 Å². The molecule has 3 heterocycles. The topological polar surface area (TPSA) is 54.0 Å². The highest BCUT2D eigenvalue weighted by Crippen LogP contribution is 2.33. The molecule has 2 aromatic heterocycles. The number of aromatic nitrogens is 3. The van der Waals surface area contributed by atoms with Gasteiger partial charge >= 0.3 is 0 Å². The quantitative estimate of drug-likeness (QED) is 0.882. The van der Waals surface area contributed by atoms with Crippen LogP contribution in [0.5, 0.6) is 0 Å². The first-order valence-corrected chi connectivity index (χ1v) is 8.87. The monoisotopic (exact) mass is 328 g/mol. The van der Waals surface area contributed by atoms with E-state index in [1.54, 1.807) is 7.11 Å². The molecule has 0 spiro atoms. The standard InChI is InChI=1S/C19H28N4O/c1-5-16-14(6-7-17(22-16)13(2)3)11-23-12-15(24-4)10-18(23)19-20-8-9-21-19/h6-9,13,15,18H,5,10-12H2,1-4H3,(H,20,21)/t15-,18?/m1/s1. The third-order valence-electron chi connectivity index (χ3n) is 4.92. The Kier molecular flexibility index (Phi) is 5.31. The molecule has 1 aliphatic heterocycles. The van der Waals surface area contributed by atoms with E-state index in [1.807, 2.05) is 12.4 Å². The average molecular weight is 328 g/mol. The van der Waals surface area contributed by atoms with Crippen molar-refractivity contribution in [3.8, 4) is 0 Å². The number of aromatic amines is 1. The number of nitrogens with one attached hydrogen (secondary N) is 1. The predicted molar refractivity (Wildman–Crippen MR) is 94.9 cm³/mol. The molecule has 5 heteroatoms. The van der Waals surface area contributed by atoms with Gasteiger partial charge in [0.25, 0.3) is 0 Å². The maximum atomic E-state index is 5.62. The summed E-state index contributed by atoms with van der Waals surface area (Å²) in [6.45, 7) is 8.38. The van der Waals surface area contributed by atoms with Gasteiger partial charge in [-0.15, -0.1) is 0 Å². The van der Waals surface area contributed by atoms with Gasteiger partial charge < -0.3 is 9.72 Å². The number of imidazole rings is 1. The van der Waals surface area contributed by atoms with Crippen molar-refractivity contribution in [2.24, 2.45) is 0 Å². The Hall–Kier alpha value is -1.72. The summed E-state index contributed by atoms with van der Waals surface area (Å²) in [5.41, 5.74) is 3.70. The SMILES string of the molecule is CCc1nc(C(C)C)ccc1CN1C[C@H](OC)CC1c1ncc[nH]1. The molecule has 0 aliphatic carbocycles. The molecule has 2 atom stereocenters. The van der Waals surface area contributed by atoms with E-state index in [0.717, 1.165) is 31.8 Å². The molecule has 1 saturated heterocycles. The number of ether oxygens (including phenoxy) is 1. The molecule has 2 aromatic rings. The van der Waals surface area contributed by atoms with E-state index in [4.69, 9.17) is 9.72 Å². The van der Waals surface area contributed by atoms with Gasteiger partial charge in [-0.1, -0.05) is 26.8 Å². The summed E-state index contributed by atoms with van der Waals surface area (Å²) >= 11 is 0. The summed E-state index contributed by atoms with van der Waals surface area (Å²) in [7, 11) is 1.80. The first-order valence-electron chi connectivity index (χ1n) is 8.87. The molecule has 0 bridgehead atoms. The maximum absolute atomic E-state index is 5.62. The minimum absolute atomic E-state index is 0.257. The number of likely N-dealkylation sites (tertiary alicyclic amines) is 1.